The summed E-state index contributed by atoms with van der Waals surface area (Å²) in [6, 6.07) is 7.51. The Hall–Kier alpha value is -1.06. The molecule has 0 bridgehead atoms. The molecule has 1 saturated heterocycles. The molecule has 1 fully saturated rings. The molecule has 4 heteroatoms. The van der Waals surface area contributed by atoms with Crippen molar-refractivity contribution in [2.24, 2.45) is 0 Å². The molecule has 0 radical (unpaired) electrons. The monoisotopic (exact) mass is 267 g/mol. The summed E-state index contributed by atoms with van der Waals surface area (Å²) >= 11 is 5.73. The zero-order valence-electron chi connectivity index (χ0n) is 10.6. The van der Waals surface area contributed by atoms with Crippen LogP contribution in [-0.2, 0) is 10.6 Å². The van der Waals surface area contributed by atoms with Gasteiger partial charge in [0.2, 0.25) is 0 Å². The van der Waals surface area contributed by atoms with Crippen LogP contribution < -0.4 is 0 Å². The zero-order chi connectivity index (χ0) is 13.0. The van der Waals surface area contributed by atoms with E-state index >= 15 is 0 Å². The van der Waals surface area contributed by atoms with Crippen LogP contribution in [0.2, 0.25) is 0 Å². The highest BCUT2D eigenvalue weighted by Gasteiger charge is 2.23. The molecule has 0 saturated carbocycles. The largest absolute Gasteiger partial charge is 0.381 e. The summed E-state index contributed by atoms with van der Waals surface area (Å²) in [6.45, 7) is 1.54. The molecule has 1 heterocycles. The van der Waals surface area contributed by atoms with E-state index in [9.17, 15) is 4.79 Å². The van der Waals surface area contributed by atoms with Crippen LogP contribution in [0.1, 0.15) is 28.8 Å². The molecule has 0 aliphatic carbocycles. The molecule has 1 aliphatic rings. The second kappa shape index (κ2) is 6.21. The first-order chi connectivity index (χ1) is 8.74. The first-order valence-electron chi connectivity index (χ1n) is 6.21. The van der Waals surface area contributed by atoms with E-state index in [4.69, 9.17) is 16.3 Å². The maximum absolute atomic E-state index is 12.2. The highest BCUT2D eigenvalue weighted by atomic mass is 35.5. The minimum atomic E-state index is 0.102. The standard InChI is InChI=1S/C14H18ClNO2/c1-18-13-6-8-16(9-7-13)14(17)12-4-2-11(10-15)3-5-12/h2-5,13H,6-10H2,1H3. The number of carbonyl (C=O) groups is 1. The van der Waals surface area contributed by atoms with E-state index in [1.165, 1.54) is 0 Å². The van der Waals surface area contributed by atoms with E-state index in [0.29, 0.717) is 12.0 Å². The highest BCUT2D eigenvalue weighted by Crippen LogP contribution is 2.16. The Kier molecular flexibility index (Phi) is 4.61. The number of amides is 1. The minimum Gasteiger partial charge on any atom is -0.381 e. The van der Waals surface area contributed by atoms with Crippen LogP contribution >= 0.6 is 11.6 Å². The van der Waals surface area contributed by atoms with Gasteiger partial charge < -0.3 is 9.64 Å². The van der Waals surface area contributed by atoms with E-state index in [1.54, 1.807) is 7.11 Å². The Morgan fingerprint density at radius 1 is 1.33 bits per heavy atom. The van der Waals surface area contributed by atoms with Crippen molar-refractivity contribution in [2.75, 3.05) is 20.2 Å². The summed E-state index contributed by atoms with van der Waals surface area (Å²) in [5.74, 6) is 0.582. The lowest BCUT2D eigenvalue weighted by molar-refractivity contribution is 0.0351. The molecule has 1 amide bonds. The van der Waals surface area contributed by atoms with Gasteiger partial charge in [0.05, 0.1) is 6.10 Å². The molecule has 2 rings (SSSR count). The highest BCUT2D eigenvalue weighted by molar-refractivity contribution is 6.17. The molecular formula is C14H18ClNO2. The number of halogens is 1. The molecule has 1 aliphatic heterocycles. The number of likely N-dealkylation sites (tertiary alicyclic amines) is 1. The van der Waals surface area contributed by atoms with Crippen LogP contribution in [0.3, 0.4) is 0 Å². The summed E-state index contributed by atoms with van der Waals surface area (Å²) < 4.78 is 5.30. The predicted molar refractivity (Wildman–Crippen MR) is 71.9 cm³/mol. The Morgan fingerprint density at radius 2 is 1.94 bits per heavy atom. The second-order valence-corrected chi connectivity index (χ2v) is 4.83. The van der Waals surface area contributed by atoms with E-state index in [2.05, 4.69) is 0 Å². The Morgan fingerprint density at radius 3 is 2.44 bits per heavy atom. The normalized spacial score (nSPS) is 16.9. The van der Waals surface area contributed by atoms with E-state index in [0.717, 1.165) is 37.1 Å². The Balaban J connectivity index is 1.98. The third kappa shape index (κ3) is 3.03. The van der Waals surface area contributed by atoms with E-state index in [1.807, 2.05) is 29.2 Å². The second-order valence-electron chi connectivity index (χ2n) is 4.56. The van der Waals surface area contributed by atoms with Crippen LogP contribution in [-0.4, -0.2) is 37.1 Å². The lowest BCUT2D eigenvalue weighted by Gasteiger charge is -2.31. The number of nitrogens with zero attached hydrogens (tertiary/aromatic N) is 1. The van der Waals surface area contributed by atoms with Gasteiger partial charge in [-0.15, -0.1) is 11.6 Å². The number of methoxy groups -OCH3 is 1. The number of rotatable bonds is 3. The Bertz CT molecular complexity index is 397. The SMILES string of the molecule is COC1CCN(C(=O)c2ccc(CCl)cc2)CC1. The van der Waals surface area contributed by atoms with Crippen molar-refractivity contribution in [3.8, 4) is 0 Å². The van der Waals surface area contributed by atoms with Gasteiger partial charge in [0, 0.05) is 31.6 Å². The van der Waals surface area contributed by atoms with E-state index < -0.39 is 0 Å². The smallest absolute Gasteiger partial charge is 0.253 e. The molecule has 0 aromatic heterocycles. The van der Waals surface area contributed by atoms with Gasteiger partial charge >= 0.3 is 0 Å². The first-order valence-corrected chi connectivity index (χ1v) is 6.75. The van der Waals surface area contributed by atoms with Crippen molar-refractivity contribution in [1.29, 1.82) is 0 Å². The van der Waals surface area contributed by atoms with Crippen molar-refractivity contribution in [3.63, 3.8) is 0 Å². The molecule has 0 N–H and O–H groups in total. The van der Waals surface area contributed by atoms with Gasteiger partial charge in [0.1, 0.15) is 0 Å². The number of piperidine rings is 1. The van der Waals surface area contributed by atoms with Crippen molar-refractivity contribution in [2.45, 2.75) is 24.8 Å². The summed E-state index contributed by atoms with van der Waals surface area (Å²) in [5.41, 5.74) is 1.77. The van der Waals surface area contributed by atoms with Crippen molar-refractivity contribution >= 4 is 17.5 Å². The predicted octanol–water partition coefficient (Wildman–Crippen LogP) is 2.68. The fourth-order valence-corrected chi connectivity index (χ4v) is 2.39. The molecule has 18 heavy (non-hydrogen) atoms. The maximum atomic E-state index is 12.2. The lowest BCUT2D eigenvalue weighted by Crippen LogP contribution is -2.40. The number of carbonyl (C=O) groups excluding carboxylic acids is 1. The summed E-state index contributed by atoms with van der Waals surface area (Å²) in [4.78, 5) is 14.1. The van der Waals surface area contributed by atoms with Crippen LogP contribution in [0.15, 0.2) is 24.3 Å². The first kappa shape index (κ1) is 13.4. The van der Waals surface area contributed by atoms with Crippen LogP contribution in [0.5, 0.6) is 0 Å². The topological polar surface area (TPSA) is 29.5 Å². The number of alkyl halides is 1. The average molecular weight is 268 g/mol. The molecular weight excluding hydrogens is 250 g/mol. The van der Waals surface area contributed by atoms with Crippen molar-refractivity contribution in [3.05, 3.63) is 35.4 Å². The van der Waals surface area contributed by atoms with Gasteiger partial charge in [0.15, 0.2) is 0 Å². The molecule has 0 unspecified atom stereocenters. The van der Waals surface area contributed by atoms with Crippen LogP contribution in [0, 0.1) is 0 Å². The molecule has 3 nitrogen and oxygen atoms in total. The molecule has 1 aromatic rings. The van der Waals surface area contributed by atoms with Gasteiger partial charge in [-0.25, -0.2) is 0 Å². The molecule has 98 valence electrons. The average Bonchev–Trinajstić information content (AvgIpc) is 2.47. The number of benzene rings is 1. The summed E-state index contributed by atoms with van der Waals surface area (Å²) in [6.07, 6.45) is 2.14. The van der Waals surface area contributed by atoms with Gasteiger partial charge in [-0.1, -0.05) is 12.1 Å². The number of ether oxygens (including phenoxy) is 1. The van der Waals surface area contributed by atoms with Crippen LogP contribution in [0.4, 0.5) is 0 Å². The van der Waals surface area contributed by atoms with E-state index in [-0.39, 0.29) is 5.91 Å². The van der Waals surface area contributed by atoms with Crippen molar-refractivity contribution in [1.82, 2.24) is 4.90 Å². The third-order valence-corrected chi connectivity index (χ3v) is 3.73. The lowest BCUT2D eigenvalue weighted by atomic mass is 10.1. The van der Waals surface area contributed by atoms with Gasteiger partial charge in [-0.3, -0.25) is 4.79 Å². The minimum absolute atomic E-state index is 0.102. The van der Waals surface area contributed by atoms with Crippen LogP contribution in [0.25, 0.3) is 0 Å². The fraction of sp³-hybridized carbons (Fsp3) is 0.500. The third-order valence-electron chi connectivity index (χ3n) is 3.42. The van der Waals surface area contributed by atoms with Crippen molar-refractivity contribution < 1.29 is 9.53 Å². The molecule has 1 aromatic carbocycles. The fourth-order valence-electron chi connectivity index (χ4n) is 2.21. The van der Waals surface area contributed by atoms with Gasteiger partial charge in [0.25, 0.3) is 5.91 Å². The summed E-state index contributed by atoms with van der Waals surface area (Å²) in [7, 11) is 1.73. The molecule has 0 spiro atoms. The number of hydrogen-bond acceptors (Lipinski definition) is 2. The van der Waals surface area contributed by atoms with Gasteiger partial charge in [-0.2, -0.15) is 0 Å². The molecule has 0 atom stereocenters. The summed E-state index contributed by atoms with van der Waals surface area (Å²) in [5, 5.41) is 0. The van der Waals surface area contributed by atoms with Gasteiger partial charge in [-0.05, 0) is 30.5 Å². The quantitative estimate of drug-likeness (QED) is 0.788. The Labute approximate surface area is 113 Å². The number of hydrogen-bond donors (Lipinski definition) is 0. The zero-order valence-corrected chi connectivity index (χ0v) is 11.3. The maximum Gasteiger partial charge on any atom is 0.253 e.